The van der Waals surface area contributed by atoms with E-state index in [4.69, 9.17) is 8.83 Å². The van der Waals surface area contributed by atoms with Crippen LogP contribution in [0.4, 0.5) is 11.4 Å². The standard InChI is InChI=1S/C42H44N2O2/c1-25(2)27-11-15-43(16-12-27)33-7-5-29-21-36-35-9-10-38-41(42(35)46-39(36)23-31(29)19-33)37-22-30-6-8-34(20-32(30)24-40(37)45-38)44-17-13-28(14-18-44)26(3)4/h5-10,19-28H,11-18H2,1-4H3. The highest BCUT2D eigenvalue weighted by Gasteiger charge is 2.24. The van der Waals surface area contributed by atoms with Crippen molar-refractivity contribution in [3.63, 3.8) is 0 Å². The largest absolute Gasteiger partial charge is 0.456 e. The topological polar surface area (TPSA) is 32.8 Å². The van der Waals surface area contributed by atoms with Crippen molar-refractivity contribution < 1.29 is 8.83 Å². The lowest BCUT2D eigenvalue weighted by Crippen LogP contribution is -2.35. The number of nitrogens with zero attached hydrogens (tertiary/aromatic N) is 2. The van der Waals surface area contributed by atoms with Crippen molar-refractivity contribution >= 4 is 76.8 Å². The number of furan rings is 2. The first-order valence-corrected chi connectivity index (χ1v) is 17.6. The molecule has 2 saturated heterocycles. The van der Waals surface area contributed by atoms with E-state index in [0.29, 0.717) is 0 Å². The Hall–Kier alpha value is -4.18. The molecule has 0 radical (unpaired) electrons. The molecule has 9 rings (SSSR count). The summed E-state index contributed by atoms with van der Waals surface area (Å²) in [6.45, 7) is 14.0. The number of benzene rings is 5. The van der Waals surface area contributed by atoms with Crippen LogP contribution in [0.25, 0.3) is 65.4 Å². The Morgan fingerprint density at radius 3 is 1.57 bits per heavy atom. The van der Waals surface area contributed by atoms with Crippen molar-refractivity contribution in [2.75, 3.05) is 36.0 Å². The fourth-order valence-corrected chi connectivity index (χ4v) is 8.60. The molecule has 2 aliphatic heterocycles. The summed E-state index contributed by atoms with van der Waals surface area (Å²) in [5.41, 5.74) is 6.29. The molecular formula is C42H44N2O2. The average molecular weight is 609 g/mol. The van der Waals surface area contributed by atoms with Crippen LogP contribution in [0, 0.1) is 23.7 Å². The van der Waals surface area contributed by atoms with Crippen LogP contribution in [0.3, 0.4) is 0 Å². The van der Waals surface area contributed by atoms with E-state index in [2.05, 4.69) is 110 Å². The predicted molar refractivity (Wildman–Crippen MR) is 196 cm³/mol. The van der Waals surface area contributed by atoms with E-state index in [0.717, 1.165) is 93.7 Å². The molecular weight excluding hydrogens is 564 g/mol. The van der Waals surface area contributed by atoms with Gasteiger partial charge in [0.1, 0.15) is 22.3 Å². The van der Waals surface area contributed by atoms with Crippen molar-refractivity contribution in [3.05, 3.63) is 72.8 Å². The summed E-state index contributed by atoms with van der Waals surface area (Å²) in [7, 11) is 0. The molecule has 0 unspecified atom stereocenters. The van der Waals surface area contributed by atoms with Crippen LogP contribution in [-0.4, -0.2) is 26.2 Å². The molecule has 5 aromatic carbocycles. The van der Waals surface area contributed by atoms with Crippen LogP contribution in [0.1, 0.15) is 53.4 Å². The second-order valence-corrected chi connectivity index (χ2v) is 14.9. The molecule has 0 amide bonds. The number of fused-ring (bicyclic) bond motifs is 9. The molecule has 0 atom stereocenters. The molecule has 234 valence electrons. The third kappa shape index (κ3) is 4.55. The number of hydrogen-bond acceptors (Lipinski definition) is 4. The molecule has 0 bridgehead atoms. The van der Waals surface area contributed by atoms with Gasteiger partial charge in [0.05, 0.1) is 5.39 Å². The van der Waals surface area contributed by atoms with Gasteiger partial charge in [-0.1, -0.05) is 39.8 Å². The zero-order valence-electron chi connectivity index (χ0n) is 27.6. The summed E-state index contributed by atoms with van der Waals surface area (Å²) in [5.74, 6) is 3.23. The zero-order chi connectivity index (χ0) is 31.1. The Balaban J connectivity index is 1.09. The van der Waals surface area contributed by atoms with Gasteiger partial charge in [-0.3, -0.25) is 0 Å². The number of hydrogen-bond donors (Lipinski definition) is 0. The molecule has 0 aliphatic carbocycles. The monoisotopic (exact) mass is 608 g/mol. The van der Waals surface area contributed by atoms with Crippen LogP contribution >= 0.6 is 0 Å². The molecule has 46 heavy (non-hydrogen) atoms. The molecule has 4 heteroatoms. The van der Waals surface area contributed by atoms with Crippen LogP contribution < -0.4 is 9.80 Å². The summed E-state index contributed by atoms with van der Waals surface area (Å²) in [5, 5.41) is 9.45. The van der Waals surface area contributed by atoms with Gasteiger partial charge < -0.3 is 18.6 Å². The zero-order valence-corrected chi connectivity index (χ0v) is 27.6. The molecule has 2 aromatic heterocycles. The van der Waals surface area contributed by atoms with Gasteiger partial charge in [0, 0.05) is 53.7 Å². The first-order valence-electron chi connectivity index (χ1n) is 17.6. The van der Waals surface area contributed by atoms with Gasteiger partial charge >= 0.3 is 0 Å². The van der Waals surface area contributed by atoms with E-state index in [1.807, 2.05) is 0 Å². The van der Waals surface area contributed by atoms with Gasteiger partial charge in [0.25, 0.3) is 0 Å². The van der Waals surface area contributed by atoms with Crippen molar-refractivity contribution in [2.24, 2.45) is 23.7 Å². The van der Waals surface area contributed by atoms with Crippen LogP contribution in [0.15, 0.2) is 81.6 Å². The summed E-state index contributed by atoms with van der Waals surface area (Å²) in [6.07, 6.45) is 5.11. The highest BCUT2D eigenvalue weighted by atomic mass is 16.3. The maximum Gasteiger partial charge on any atom is 0.147 e. The molecule has 2 aliphatic rings. The van der Waals surface area contributed by atoms with Gasteiger partial charge in [-0.2, -0.15) is 0 Å². The maximum atomic E-state index is 6.72. The Kier molecular flexibility index (Phi) is 6.52. The average Bonchev–Trinajstić information content (AvgIpc) is 3.62. The minimum atomic E-state index is 0.771. The molecule has 4 heterocycles. The molecule has 2 fully saturated rings. The van der Waals surface area contributed by atoms with Gasteiger partial charge in [0.2, 0.25) is 0 Å². The highest BCUT2D eigenvalue weighted by molar-refractivity contribution is 6.24. The first-order chi connectivity index (χ1) is 22.4. The van der Waals surface area contributed by atoms with E-state index in [1.54, 1.807) is 0 Å². The van der Waals surface area contributed by atoms with Gasteiger partial charge in [0.15, 0.2) is 0 Å². The van der Waals surface area contributed by atoms with E-state index < -0.39 is 0 Å². The summed E-state index contributed by atoms with van der Waals surface area (Å²) >= 11 is 0. The van der Waals surface area contributed by atoms with Gasteiger partial charge in [-0.25, -0.2) is 0 Å². The highest BCUT2D eigenvalue weighted by Crippen LogP contribution is 2.42. The predicted octanol–water partition coefficient (Wildman–Crippen LogP) is 11.5. The SMILES string of the molecule is CC(C)C1CCN(c2ccc3cc4c(cc3c2)oc2c4ccc3oc4cc5cc(N6CCC(C(C)C)CC6)ccc5cc4c32)CC1. The Bertz CT molecular complexity index is 2250. The third-order valence-corrected chi connectivity index (χ3v) is 11.7. The Morgan fingerprint density at radius 2 is 1.02 bits per heavy atom. The normalized spacial score (nSPS) is 17.4. The Labute approximate surface area is 270 Å². The molecule has 0 N–H and O–H groups in total. The molecule has 0 saturated carbocycles. The Morgan fingerprint density at radius 1 is 0.500 bits per heavy atom. The lowest BCUT2D eigenvalue weighted by Gasteiger charge is -2.35. The number of piperidine rings is 2. The quantitative estimate of drug-likeness (QED) is 0.199. The molecule has 4 nitrogen and oxygen atoms in total. The van der Waals surface area contributed by atoms with Gasteiger partial charge in [-0.05, 0) is 132 Å². The van der Waals surface area contributed by atoms with Crippen molar-refractivity contribution in [1.29, 1.82) is 0 Å². The minimum Gasteiger partial charge on any atom is -0.456 e. The fraction of sp³-hybridized carbons (Fsp3) is 0.381. The van der Waals surface area contributed by atoms with Crippen molar-refractivity contribution in [2.45, 2.75) is 53.4 Å². The van der Waals surface area contributed by atoms with E-state index in [1.165, 1.54) is 58.6 Å². The second kappa shape index (κ2) is 10.7. The van der Waals surface area contributed by atoms with Crippen LogP contribution in [0.5, 0.6) is 0 Å². The van der Waals surface area contributed by atoms with Gasteiger partial charge in [-0.15, -0.1) is 0 Å². The fourth-order valence-electron chi connectivity index (χ4n) is 8.60. The lowest BCUT2D eigenvalue weighted by molar-refractivity contribution is 0.311. The lowest BCUT2D eigenvalue weighted by atomic mass is 9.86. The second-order valence-electron chi connectivity index (χ2n) is 14.9. The maximum absolute atomic E-state index is 6.72. The summed E-state index contributed by atoms with van der Waals surface area (Å²) in [4.78, 5) is 5.12. The summed E-state index contributed by atoms with van der Waals surface area (Å²) in [6, 6.07) is 27.2. The summed E-state index contributed by atoms with van der Waals surface area (Å²) < 4.78 is 13.2. The molecule has 7 aromatic rings. The van der Waals surface area contributed by atoms with E-state index >= 15 is 0 Å². The van der Waals surface area contributed by atoms with Crippen LogP contribution in [0.2, 0.25) is 0 Å². The minimum absolute atomic E-state index is 0.771. The van der Waals surface area contributed by atoms with Crippen molar-refractivity contribution in [3.8, 4) is 0 Å². The van der Waals surface area contributed by atoms with Crippen molar-refractivity contribution in [1.82, 2.24) is 0 Å². The first kappa shape index (κ1) is 28.1. The number of anilines is 2. The van der Waals surface area contributed by atoms with E-state index in [-0.39, 0.29) is 0 Å². The van der Waals surface area contributed by atoms with E-state index in [9.17, 15) is 0 Å². The molecule has 0 spiro atoms. The number of rotatable bonds is 4. The third-order valence-electron chi connectivity index (χ3n) is 11.7. The smallest absolute Gasteiger partial charge is 0.147 e. The van der Waals surface area contributed by atoms with Crippen LogP contribution in [-0.2, 0) is 0 Å².